The van der Waals surface area contributed by atoms with Crippen LogP contribution < -0.4 is 4.74 Å². The van der Waals surface area contributed by atoms with Gasteiger partial charge in [0.15, 0.2) is 0 Å². The molecule has 4 heteroatoms. The van der Waals surface area contributed by atoms with E-state index in [2.05, 4.69) is 10.2 Å². The van der Waals surface area contributed by atoms with Crippen LogP contribution in [0.2, 0.25) is 5.02 Å². The molecule has 0 atom stereocenters. The van der Waals surface area contributed by atoms with Crippen molar-refractivity contribution < 1.29 is 4.74 Å². The van der Waals surface area contributed by atoms with Crippen molar-refractivity contribution in [1.29, 1.82) is 0 Å². The fraction of sp³-hybridized carbons (Fsp3) is 0.222. The number of hydrogen-bond donors (Lipinski definition) is 1. The number of nitrogens with zero attached hydrogens (tertiary/aromatic N) is 1. The van der Waals surface area contributed by atoms with Gasteiger partial charge in [0.25, 0.3) is 0 Å². The van der Waals surface area contributed by atoms with Crippen LogP contribution in [0.3, 0.4) is 0 Å². The number of benzene rings is 1. The lowest BCUT2D eigenvalue weighted by Crippen LogP contribution is -1.92. The van der Waals surface area contributed by atoms with Crippen molar-refractivity contribution in [2.45, 2.75) is 6.92 Å². The minimum atomic E-state index is 0.594. The van der Waals surface area contributed by atoms with Crippen LogP contribution in [-0.2, 0) is 0 Å². The number of rotatable bonds is 2. The van der Waals surface area contributed by atoms with E-state index < -0.39 is 0 Å². The van der Waals surface area contributed by atoms with E-state index in [4.69, 9.17) is 16.3 Å². The highest BCUT2D eigenvalue weighted by atomic mass is 35.5. The molecule has 0 fully saturated rings. The molecule has 1 N–H and O–H groups in total. The number of hydrogen-bond acceptors (Lipinski definition) is 2. The van der Waals surface area contributed by atoms with Gasteiger partial charge >= 0.3 is 0 Å². The van der Waals surface area contributed by atoms with Gasteiger partial charge in [-0.1, -0.05) is 11.6 Å². The molecule has 68 valence electrons. The highest BCUT2D eigenvalue weighted by Gasteiger charge is 2.06. The Morgan fingerprint density at radius 3 is 3.15 bits per heavy atom. The van der Waals surface area contributed by atoms with Crippen molar-refractivity contribution in [1.82, 2.24) is 10.2 Å². The Bertz CT molecular complexity index is 424. The maximum Gasteiger partial charge on any atom is 0.140 e. The van der Waals surface area contributed by atoms with Gasteiger partial charge in [0, 0.05) is 5.39 Å². The first-order valence-corrected chi connectivity index (χ1v) is 4.45. The number of ether oxygens (including phenoxy) is 1. The summed E-state index contributed by atoms with van der Waals surface area (Å²) >= 11 is 6.07. The van der Waals surface area contributed by atoms with E-state index in [0.29, 0.717) is 17.4 Å². The molecule has 0 aliphatic carbocycles. The zero-order chi connectivity index (χ0) is 9.26. The summed E-state index contributed by atoms with van der Waals surface area (Å²) in [6.45, 7) is 2.53. The molecule has 0 saturated heterocycles. The first-order valence-electron chi connectivity index (χ1n) is 4.07. The zero-order valence-corrected chi connectivity index (χ0v) is 7.93. The van der Waals surface area contributed by atoms with E-state index >= 15 is 0 Å². The van der Waals surface area contributed by atoms with Crippen molar-refractivity contribution in [3.05, 3.63) is 23.4 Å². The van der Waals surface area contributed by atoms with E-state index in [9.17, 15) is 0 Å². The van der Waals surface area contributed by atoms with Gasteiger partial charge in [0.1, 0.15) is 10.8 Å². The number of fused-ring (bicyclic) bond motifs is 1. The van der Waals surface area contributed by atoms with Crippen LogP contribution in [0.5, 0.6) is 5.75 Å². The van der Waals surface area contributed by atoms with Gasteiger partial charge in [-0.05, 0) is 19.1 Å². The zero-order valence-electron chi connectivity index (χ0n) is 7.17. The van der Waals surface area contributed by atoms with Gasteiger partial charge in [-0.2, -0.15) is 5.10 Å². The van der Waals surface area contributed by atoms with Gasteiger partial charge in [-0.3, -0.25) is 5.10 Å². The van der Waals surface area contributed by atoms with E-state index in [1.165, 1.54) is 0 Å². The van der Waals surface area contributed by atoms with Gasteiger partial charge in [-0.15, -0.1) is 0 Å². The highest BCUT2D eigenvalue weighted by Crippen LogP contribution is 2.30. The van der Waals surface area contributed by atoms with Crippen LogP contribution in [0.15, 0.2) is 18.3 Å². The summed E-state index contributed by atoms with van der Waals surface area (Å²) in [4.78, 5) is 0. The fourth-order valence-electron chi connectivity index (χ4n) is 1.23. The Morgan fingerprint density at radius 1 is 1.54 bits per heavy atom. The first-order chi connectivity index (χ1) is 6.33. The summed E-state index contributed by atoms with van der Waals surface area (Å²) in [5.41, 5.74) is 0.826. The Balaban J connectivity index is 2.59. The van der Waals surface area contributed by atoms with Crippen molar-refractivity contribution in [3.8, 4) is 5.75 Å². The Kier molecular flexibility index (Phi) is 2.10. The monoisotopic (exact) mass is 196 g/mol. The third kappa shape index (κ3) is 1.35. The van der Waals surface area contributed by atoms with Gasteiger partial charge in [0.05, 0.1) is 18.3 Å². The molecule has 0 spiro atoms. The topological polar surface area (TPSA) is 37.9 Å². The molecule has 2 rings (SSSR count). The van der Waals surface area contributed by atoms with Crippen molar-refractivity contribution in [2.75, 3.05) is 6.61 Å². The fourth-order valence-corrected chi connectivity index (χ4v) is 1.50. The van der Waals surface area contributed by atoms with Crippen LogP contribution in [0, 0.1) is 0 Å². The predicted octanol–water partition coefficient (Wildman–Crippen LogP) is 2.62. The number of aromatic nitrogens is 2. The smallest absolute Gasteiger partial charge is 0.140 e. The molecular formula is C9H9ClN2O. The second-order valence-corrected chi connectivity index (χ2v) is 3.02. The van der Waals surface area contributed by atoms with Crippen LogP contribution in [-0.4, -0.2) is 16.8 Å². The lowest BCUT2D eigenvalue weighted by atomic mass is 10.2. The summed E-state index contributed by atoms with van der Waals surface area (Å²) in [5, 5.41) is 8.31. The van der Waals surface area contributed by atoms with Crippen LogP contribution in [0.1, 0.15) is 6.92 Å². The maximum atomic E-state index is 6.07. The summed E-state index contributed by atoms with van der Waals surface area (Å²) in [6.07, 6.45) is 1.73. The molecule has 13 heavy (non-hydrogen) atoms. The van der Waals surface area contributed by atoms with Crippen LogP contribution in [0.4, 0.5) is 0 Å². The Hall–Kier alpha value is -1.22. The molecule has 1 heterocycles. The van der Waals surface area contributed by atoms with E-state index in [0.717, 1.165) is 10.9 Å². The predicted molar refractivity (Wildman–Crippen MR) is 52.3 cm³/mol. The van der Waals surface area contributed by atoms with Gasteiger partial charge < -0.3 is 4.74 Å². The summed E-state index contributed by atoms with van der Waals surface area (Å²) in [7, 11) is 0. The number of H-pyrrole nitrogens is 1. The average molecular weight is 197 g/mol. The third-order valence-corrected chi connectivity index (χ3v) is 2.19. The SMILES string of the molecule is CCOc1ccc2cn[nH]c2c1Cl. The van der Waals surface area contributed by atoms with Gasteiger partial charge in [-0.25, -0.2) is 0 Å². The summed E-state index contributed by atoms with van der Waals surface area (Å²) in [6, 6.07) is 3.78. The quantitative estimate of drug-likeness (QED) is 0.802. The summed E-state index contributed by atoms with van der Waals surface area (Å²) in [5.74, 6) is 0.695. The van der Waals surface area contributed by atoms with Crippen LogP contribution >= 0.6 is 11.6 Å². The number of halogens is 1. The molecule has 3 nitrogen and oxygen atoms in total. The normalized spacial score (nSPS) is 10.6. The molecule has 0 aliphatic rings. The molecule has 0 radical (unpaired) electrons. The first kappa shape index (κ1) is 8.38. The van der Waals surface area contributed by atoms with Gasteiger partial charge in [0.2, 0.25) is 0 Å². The molecule has 0 amide bonds. The molecular weight excluding hydrogens is 188 g/mol. The van der Waals surface area contributed by atoms with E-state index in [1.54, 1.807) is 6.20 Å². The average Bonchev–Trinajstić information content (AvgIpc) is 2.58. The second-order valence-electron chi connectivity index (χ2n) is 2.64. The van der Waals surface area contributed by atoms with Crippen molar-refractivity contribution in [3.63, 3.8) is 0 Å². The molecule has 0 bridgehead atoms. The Labute approximate surface area is 80.7 Å². The maximum absolute atomic E-state index is 6.07. The third-order valence-electron chi connectivity index (χ3n) is 1.82. The highest BCUT2D eigenvalue weighted by molar-refractivity contribution is 6.36. The minimum absolute atomic E-state index is 0.594. The molecule has 0 saturated carbocycles. The minimum Gasteiger partial charge on any atom is -0.492 e. The number of nitrogens with one attached hydrogen (secondary N) is 1. The standard InChI is InChI=1S/C9H9ClN2O/c1-2-13-7-4-3-6-5-11-12-9(6)8(7)10/h3-5H,2H2,1H3,(H,11,12). The van der Waals surface area contributed by atoms with E-state index in [-0.39, 0.29) is 0 Å². The molecule has 2 aromatic rings. The van der Waals surface area contributed by atoms with E-state index in [1.807, 2.05) is 19.1 Å². The molecule has 1 aromatic heterocycles. The van der Waals surface area contributed by atoms with Crippen molar-refractivity contribution >= 4 is 22.5 Å². The molecule has 0 unspecified atom stereocenters. The Morgan fingerprint density at radius 2 is 2.38 bits per heavy atom. The second kappa shape index (κ2) is 3.26. The summed E-state index contributed by atoms with van der Waals surface area (Å²) < 4.78 is 5.33. The lowest BCUT2D eigenvalue weighted by molar-refractivity contribution is 0.341. The largest absolute Gasteiger partial charge is 0.492 e. The molecule has 0 aliphatic heterocycles. The number of aromatic amines is 1. The lowest BCUT2D eigenvalue weighted by Gasteiger charge is -2.04. The molecule has 1 aromatic carbocycles. The van der Waals surface area contributed by atoms with Crippen molar-refractivity contribution in [2.24, 2.45) is 0 Å². The van der Waals surface area contributed by atoms with Crippen LogP contribution in [0.25, 0.3) is 10.9 Å².